The molecule has 12 heavy (non-hydrogen) atoms. The molecule has 0 spiro atoms. The predicted octanol–water partition coefficient (Wildman–Crippen LogP) is 1.23. The van der Waals surface area contributed by atoms with Crippen LogP contribution in [0.5, 0.6) is 0 Å². The van der Waals surface area contributed by atoms with Gasteiger partial charge in [0.2, 0.25) is 0 Å². The lowest BCUT2D eigenvalue weighted by molar-refractivity contribution is 0.0930. The molecule has 0 unspecified atom stereocenters. The third-order valence-electron chi connectivity index (χ3n) is 2.89. The Balaban J connectivity index is 2.31. The molecule has 1 saturated carbocycles. The normalized spacial score (nSPS) is 20.6. The summed E-state index contributed by atoms with van der Waals surface area (Å²) in [5.41, 5.74) is 6.20. The second-order valence-electron chi connectivity index (χ2n) is 4.04. The summed E-state index contributed by atoms with van der Waals surface area (Å²) >= 11 is 0. The molecule has 1 rings (SSSR count). The fourth-order valence-corrected chi connectivity index (χ4v) is 1.96. The third kappa shape index (κ3) is 2.08. The number of hydrogen-bond donors (Lipinski definition) is 1. The SMILES string of the molecule is C=CCN(C)CC1(CN)CCC1. The van der Waals surface area contributed by atoms with Crippen molar-refractivity contribution in [2.24, 2.45) is 11.1 Å². The van der Waals surface area contributed by atoms with Gasteiger partial charge in [-0.15, -0.1) is 6.58 Å². The molecule has 0 aliphatic heterocycles. The van der Waals surface area contributed by atoms with Crippen LogP contribution < -0.4 is 5.73 Å². The van der Waals surface area contributed by atoms with Crippen molar-refractivity contribution in [3.05, 3.63) is 12.7 Å². The molecule has 1 fully saturated rings. The Kier molecular flexibility index (Phi) is 3.29. The molecule has 2 heteroatoms. The average Bonchev–Trinajstić information content (AvgIpc) is 1.97. The Bertz CT molecular complexity index is 144. The Hall–Kier alpha value is -0.340. The van der Waals surface area contributed by atoms with Gasteiger partial charge in [0.25, 0.3) is 0 Å². The summed E-state index contributed by atoms with van der Waals surface area (Å²) < 4.78 is 0. The minimum Gasteiger partial charge on any atom is -0.330 e. The molecule has 2 nitrogen and oxygen atoms in total. The predicted molar refractivity (Wildman–Crippen MR) is 53.0 cm³/mol. The number of hydrogen-bond acceptors (Lipinski definition) is 2. The molecule has 70 valence electrons. The number of likely N-dealkylation sites (N-methyl/N-ethyl adjacent to an activating group) is 1. The summed E-state index contributed by atoms with van der Waals surface area (Å²) in [6.07, 6.45) is 5.93. The summed E-state index contributed by atoms with van der Waals surface area (Å²) in [7, 11) is 2.14. The molecule has 0 atom stereocenters. The number of rotatable bonds is 5. The topological polar surface area (TPSA) is 29.3 Å². The van der Waals surface area contributed by atoms with Crippen molar-refractivity contribution >= 4 is 0 Å². The Morgan fingerprint density at radius 3 is 2.58 bits per heavy atom. The second kappa shape index (κ2) is 4.06. The first-order chi connectivity index (χ1) is 5.72. The van der Waals surface area contributed by atoms with Crippen LogP contribution in [0.1, 0.15) is 19.3 Å². The largest absolute Gasteiger partial charge is 0.330 e. The van der Waals surface area contributed by atoms with E-state index in [0.717, 1.165) is 19.6 Å². The summed E-state index contributed by atoms with van der Waals surface area (Å²) in [4.78, 5) is 2.30. The highest BCUT2D eigenvalue weighted by Gasteiger charge is 2.35. The monoisotopic (exact) mass is 168 g/mol. The lowest BCUT2D eigenvalue weighted by Crippen LogP contribution is -2.46. The van der Waals surface area contributed by atoms with E-state index >= 15 is 0 Å². The molecule has 0 aromatic rings. The van der Waals surface area contributed by atoms with Crippen LogP contribution in [-0.4, -0.2) is 31.6 Å². The van der Waals surface area contributed by atoms with Gasteiger partial charge < -0.3 is 10.6 Å². The Morgan fingerprint density at radius 1 is 1.58 bits per heavy atom. The van der Waals surface area contributed by atoms with Gasteiger partial charge in [0.1, 0.15) is 0 Å². The molecule has 0 bridgehead atoms. The van der Waals surface area contributed by atoms with Gasteiger partial charge >= 0.3 is 0 Å². The van der Waals surface area contributed by atoms with Crippen molar-refractivity contribution in [3.8, 4) is 0 Å². The molecule has 1 aliphatic rings. The highest BCUT2D eigenvalue weighted by atomic mass is 15.1. The van der Waals surface area contributed by atoms with Crippen molar-refractivity contribution < 1.29 is 0 Å². The minimum atomic E-state index is 0.442. The third-order valence-corrected chi connectivity index (χ3v) is 2.89. The van der Waals surface area contributed by atoms with Gasteiger partial charge in [-0.1, -0.05) is 12.5 Å². The molecule has 0 aromatic carbocycles. The molecule has 0 amide bonds. The summed E-state index contributed by atoms with van der Waals surface area (Å²) in [5.74, 6) is 0. The fraction of sp³-hybridized carbons (Fsp3) is 0.800. The fourth-order valence-electron chi connectivity index (χ4n) is 1.96. The summed E-state index contributed by atoms with van der Waals surface area (Å²) in [6.45, 7) is 6.68. The van der Waals surface area contributed by atoms with Gasteiger partial charge in [0.05, 0.1) is 0 Å². The van der Waals surface area contributed by atoms with E-state index in [1.54, 1.807) is 0 Å². The van der Waals surface area contributed by atoms with Crippen molar-refractivity contribution in [1.82, 2.24) is 4.90 Å². The molecule has 0 heterocycles. The van der Waals surface area contributed by atoms with Crippen molar-refractivity contribution in [2.45, 2.75) is 19.3 Å². The van der Waals surface area contributed by atoms with Gasteiger partial charge in [0, 0.05) is 13.1 Å². The molecular formula is C10H20N2. The van der Waals surface area contributed by atoms with E-state index in [0.29, 0.717) is 5.41 Å². The first-order valence-electron chi connectivity index (χ1n) is 4.72. The number of nitrogens with zero attached hydrogens (tertiary/aromatic N) is 1. The maximum Gasteiger partial charge on any atom is 0.0157 e. The Morgan fingerprint density at radius 2 is 2.25 bits per heavy atom. The van der Waals surface area contributed by atoms with Crippen molar-refractivity contribution in [2.75, 3.05) is 26.7 Å². The highest BCUT2D eigenvalue weighted by Crippen LogP contribution is 2.40. The zero-order chi connectivity index (χ0) is 9.03. The second-order valence-corrected chi connectivity index (χ2v) is 4.04. The molecule has 2 N–H and O–H groups in total. The smallest absolute Gasteiger partial charge is 0.0157 e. The zero-order valence-electron chi connectivity index (χ0n) is 8.05. The van der Waals surface area contributed by atoms with Gasteiger partial charge in [-0.25, -0.2) is 0 Å². The van der Waals surface area contributed by atoms with E-state index in [9.17, 15) is 0 Å². The highest BCUT2D eigenvalue weighted by molar-refractivity contribution is 4.91. The molecule has 1 aliphatic carbocycles. The first-order valence-corrected chi connectivity index (χ1v) is 4.72. The van der Waals surface area contributed by atoms with Crippen LogP contribution in [-0.2, 0) is 0 Å². The standard InChI is InChI=1S/C10H20N2/c1-3-7-12(2)9-10(8-11)5-4-6-10/h3H,1,4-9,11H2,2H3. The van der Waals surface area contributed by atoms with E-state index in [1.165, 1.54) is 19.3 Å². The molecule has 0 saturated heterocycles. The van der Waals surface area contributed by atoms with Crippen LogP contribution in [0.15, 0.2) is 12.7 Å². The van der Waals surface area contributed by atoms with E-state index in [2.05, 4.69) is 18.5 Å². The lowest BCUT2D eigenvalue weighted by atomic mass is 9.68. The van der Waals surface area contributed by atoms with Crippen LogP contribution >= 0.6 is 0 Å². The summed E-state index contributed by atoms with van der Waals surface area (Å²) in [5, 5.41) is 0. The van der Waals surface area contributed by atoms with E-state index in [-0.39, 0.29) is 0 Å². The molecule has 0 radical (unpaired) electrons. The first kappa shape index (κ1) is 9.75. The van der Waals surface area contributed by atoms with Gasteiger partial charge in [-0.2, -0.15) is 0 Å². The zero-order valence-corrected chi connectivity index (χ0v) is 8.05. The molecule has 0 aromatic heterocycles. The van der Waals surface area contributed by atoms with Crippen LogP contribution in [0.2, 0.25) is 0 Å². The Labute approximate surface area is 75.4 Å². The number of nitrogens with two attached hydrogens (primary N) is 1. The minimum absolute atomic E-state index is 0.442. The average molecular weight is 168 g/mol. The molecular weight excluding hydrogens is 148 g/mol. The van der Waals surface area contributed by atoms with Crippen LogP contribution in [0.3, 0.4) is 0 Å². The lowest BCUT2D eigenvalue weighted by Gasteiger charge is -2.43. The van der Waals surface area contributed by atoms with Crippen molar-refractivity contribution in [1.29, 1.82) is 0 Å². The van der Waals surface area contributed by atoms with Crippen LogP contribution in [0.25, 0.3) is 0 Å². The van der Waals surface area contributed by atoms with E-state index < -0.39 is 0 Å². The van der Waals surface area contributed by atoms with E-state index in [4.69, 9.17) is 5.73 Å². The van der Waals surface area contributed by atoms with Gasteiger partial charge in [-0.3, -0.25) is 0 Å². The summed E-state index contributed by atoms with van der Waals surface area (Å²) in [6, 6.07) is 0. The van der Waals surface area contributed by atoms with Crippen LogP contribution in [0, 0.1) is 5.41 Å². The maximum atomic E-state index is 5.76. The van der Waals surface area contributed by atoms with Gasteiger partial charge in [0.15, 0.2) is 0 Å². The van der Waals surface area contributed by atoms with Crippen LogP contribution in [0.4, 0.5) is 0 Å². The van der Waals surface area contributed by atoms with E-state index in [1.807, 2.05) is 6.08 Å². The van der Waals surface area contributed by atoms with Crippen molar-refractivity contribution in [3.63, 3.8) is 0 Å². The maximum absolute atomic E-state index is 5.76. The van der Waals surface area contributed by atoms with Gasteiger partial charge in [-0.05, 0) is 31.8 Å². The quantitative estimate of drug-likeness (QED) is 0.626.